The van der Waals surface area contributed by atoms with Gasteiger partial charge in [-0.25, -0.2) is 4.79 Å². The second kappa shape index (κ2) is 14.3. The van der Waals surface area contributed by atoms with Crippen LogP contribution in [-0.4, -0.2) is 69.3 Å². The molecule has 39 heavy (non-hydrogen) atoms. The lowest BCUT2D eigenvalue weighted by molar-refractivity contribution is -0.132. The van der Waals surface area contributed by atoms with Crippen LogP contribution >= 0.6 is 11.3 Å². The van der Waals surface area contributed by atoms with Crippen molar-refractivity contribution in [1.29, 1.82) is 0 Å². The summed E-state index contributed by atoms with van der Waals surface area (Å²) in [7, 11) is 6.29. The van der Waals surface area contributed by atoms with Crippen molar-refractivity contribution < 1.29 is 28.5 Å². The van der Waals surface area contributed by atoms with E-state index in [0.29, 0.717) is 48.2 Å². The van der Waals surface area contributed by atoms with E-state index in [1.54, 1.807) is 62.9 Å². The largest absolute Gasteiger partial charge is 0.497 e. The average molecular weight is 556 g/mol. The molecule has 0 fully saturated rings. The molecule has 0 spiro atoms. The summed E-state index contributed by atoms with van der Waals surface area (Å²) in [5, 5.41) is 4.87. The standard InChI is InChI=1S/C29H37N3O6S/c1-20(2)32(29(34)30-22-15-23(35-3)17-24(16-22)36-4)19-28(33)31(18-25-8-7-13-39-25)12-11-21-9-10-26(37-5)27(14-21)38-6/h7-10,13-17,20H,11-12,18-19H2,1-6H3,(H,30,34). The molecule has 0 saturated heterocycles. The SMILES string of the molecule is COc1cc(NC(=O)N(CC(=O)N(CCc2ccc(OC)c(OC)c2)Cc2cccs2)C(C)C)cc(OC)c1. The van der Waals surface area contributed by atoms with Crippen molar-refractivity contribution >= 4 is 29.0 Å². The third-order valence-corrected chi connectivity index (χ3v) is 7.05. The molecule has 2 aromatic carbocycles. The van der Waals surface area contributed by atoms with Gasteiger partial charge < -0.3 is 34.1 Å². The number of nitrogens with one attached hydrogen (secondary N) is 1. The molecule has 9 nitrogen and oxygen atoms in total. The Morgan fingerprint density at radius 1 is 0.897 bits per heavy atom. The van der Waals surface area contributed by atoms with Crippen molar-refractivity contribution in [2.75, 3.05) is 46.8 Å². The number of benzene rings is 2. The maximum absolute atomic E-state index is 13.6. The van der Waals surface area contributed by atoms with E-state index in [1.807, 2.05) is 49.6 Å². The number of methoxy groups -OCH3 is 4. The minimum atomic E-state index is -0.385. The van der Waals surface area contributed by atoms with Crippen LogP contribution in [0.3, 0.4) is 0 Å². The summed E-state index contributed by atoms with van der Waals surface area (Å²) in [6.45, 7) is 4.64. The highest BCUT2D eigenvalue weighted by atomic mass is 32.1. The summed E-state index contributed by atoms with van der Waals surface area (Å²) >= 11 is 1.59. The van der Waals surface area contributed by atoms with Crippen LogP contribution in [-0.2, 0) is 17.8 Å². The molecule has 0 radical (unpaired) electrons. The highest BCUT2D eigenvalue weighted by Crippen LogP contribution is 2.28. The number of urea groups is 1. The monoisotopic (exact) mass is 555 g/mol. The Hall–Kier alpha value is -3.92. The number of hydrogen-bond acceptors (Lipinski definition) is 7. The predicted octanol–water partition coefficient (Wildman–Crippen LogP) is 5.30. The zero-order valence-electron chi connectivity index (χ0n) is 23.4. The number of hydrogen-bond donors (Lipinski definition) is 1. The molecule has 3 aromatic rings. The fourth-order valence-corrected chi connectivity index (χ4v) is 4.71. The summed E-state index contributed by atoms with van der Waals surface area (Å²) in [5.41, 5.74) is 1.53. The Labute approximate surface area is 234 Å². The molecule has 0 aliphatic heterocycles. The first-order valence-corrected chi connectivity index (χ1v) is 13.5. The van der Waals surface area contributed by atoms with Gasteiger partial charge in [-0.3, -0.25) is 4.79 Å². The van der Waals surface area contributed by atoms with Crippen LogP contribution in [0.1, 0.15) is 24.3 Å². The summed E-state index contributed by atoms with van der Waals surface area (Å²) in [6.07, 6.45) is 0.620. The number of anilines is 1. The second-order valence-corrected chi connectivity index (χ2v) is 10.1. The van der Waals surface area contributed by atoms with Gasteiger partial charge in [-0.2, -0.15) is 0 Å². The number of ether oxygens (including phenoxy) is 4. The minimum Gasteiger partial charge on any atom is -0.497 e. The van der Waals surface area contributed by atoms with Gasteiger partial charge >= 0.3 is 6.03 Å². The van der Waals surface area contributed by atoms with Crippen LogP contribution in [0.5, 0.6) is 23.0 Å². The Balaban J connectivity index is 1.75. The Morgan fingerprint density at radius 3 is 2.15 bits per heavy atom. The summed E-state index contributed by atoms with van der Waals surface area (Å²) in [5.74, 6) is 2.25. The molecule has 1 aromatic heterocycles. The van der Waals surface area contributed by atoms with Crippen molar-refractivity contribution in [3.8, 4) is 23.0 Å². The van der Waals surface area contributed by atoms with E-state index in [1.165, 1.54) is 4.90 Å². The molecular formula is C29H37N3O6S. The number of rotatable bonds is 13. The van der Waals surface area contributed by atoms with E-state index in [0.717, 1.165) is 10.4 Å². The first kappa shape index (κ1) is 29.6. The van der Waals surface area contributed by atoms with Gasteiger partial charge in [0.05, 0.1) is 35.0 Å². The van der Waals surface area contributed by atoms with Gasteiger partial charge in [0.2, 0.25) is 5.91 Å². The second-order valence-electron chi connectivity index (χ2n) is 9.09. The van der Waals surface area contributed by atoms with Crippen LogP contribution in [0.4, 0.5) is 10.5 Å². The van der Waals surface area contributed by atoms with Crippen molar-refractivity contribution in [3.63, 3.8) is 0 Å². The molecule has 1 heterocycles. The van der Waals surface area contributed by atoms with Gasteiger partial charge in [-0.1, -0.05) is 12.1 Å². The highest BCUT2D eigenvalue weighted by molar-refractivity contribution is 7.09. The Bertz CT molecular complexity index is 1210. The Morgan fingerprint density at radius 2 is 1.59 bits per heavy atom. The van der Waals surface area contributed by atoms with Crippen LogP contribution in [0.25, 0.3) is 0 Å². The maximum Gasteiger partial charge on any atom is 0.322 e. The van der Waals surface area contributed by atoms with Crippen molar-refractivity contribution in [2.24, 2.45) is 0 Å². The molecular weight excluding hydrogens is 518 g/mol. The van der Waals surface area contributed by atoms with Crippen LogP contribution in [0, 0.1) is 0 Å². The fourth-order valence-electron chi connectivity index (χ4n) is 3.99. The first-order chi connectivity index (χ1) is 18.8. The molecule has 3 rings (SSSR count). The number of nitrogens with zero attached hydrogens (tertiary/aromatic N) is 2. The normalized spacial score (nSPS) is 10.6. The van der Waals surface area contributed by atoms with E-state index in [4.69, 9.17) is 18.9 Å². The van der Waals surface area contributed by atoms with Crippen LogP contribution in [0.15, 0.2) is 53.9 Å². The van der Waals surface area contributed by atoms with Gasteiger partial charge in [0.1, 0.15) is 18.0 Å². The number of carbonyl (C=O) groups is 2. The third kappa shape index (κ3) is 8.28. The van der Waals surface area contributed by atoms with Gasteiger partial charge in [-0.15, -0.1) is 11.3 Å². The minimum absolute atomic E-state index is 0.0675. The fraction of sp³-hybridized carbons (Fsp3) is 0.379. The number of thiophene rings is 1. The third-order valence-electron chi connectivity index (χ3n) is 6.19. The molecule has 3 amide bonds. The van der Waals surface area contributed by atoms with E-state index in [9.17, 15) is 9.59 Å². The predicted molar refractivity (Wildman–Crippen MR) is 153 cm³/mol. The molecule has 1 N–H and O–H groups in total. The lowest BCUT2D eigenvalue weighted by Gasteiger charge is -2.30. The molecule has 0 aliphatic rings. The Kier molecular flexibility index (Phi) is 10.9. The van der Waals surface area contributed by atoms with Gasteiger partial charge in [0, 0.05) is 41.4 Å². The summed E-state index contributed by atoms with van der Waals surface area (Å²) in [4.78, 5) is 31.3. The molecule has 0 saturated carbocycles. The lowest BCUT2D eigenvalue weighted by atomic mass is 10.1. The molecule has 210 valence electrons. The highest BCUT2D eigenvalue weighted by Gasteiger charge is 2.24. The van der Waals surface area contributed by atoms with Crippen molar-refractivity contribution in [2.45, 2.75) is 32.9 Å². The molecule has 0 atom stereocenters. The topological polar surface area (TPSA) is 89.6 Å². The smallest absolute Gasteiger partial charge is 0.322 e. The number of carbonyl (C=O) groups excluding carboxylic acids is 2. The quantitative estimate of drug-likeness (QED) is 0.308. The molecule has 0 bridgehead atoms. The van der Waals surface area contributed by atoms with Gasteiger partial charge in [0.25, 0.3) is 0 Å². The van der Waals surface area contributed by atoms with E-state index < -0.39 is 0 Å². The van der Waals surface area contributed by atoms with Crippen LogP contribution in [0.2, 0.25) is 0 Å². The maximum atomic E-state index is 13.6. The van der Waals surface area contributed by atoms with Crippen LogP contribution < -0.4 is 24.3 Å². The lowest BCUT2D eigenvalue weighted by Crippen LogP contribution is -2.47. The zero-order chi connectivity index (χ0) is 28.4. The number of amides is 3. The summed E-state index contributed by atoms with van der Waals surface area (Å²) < 4.78 is 21.4. The van der Waals surface area contributed by atoms with E-state index >= 15 is 0 Å². The molecule has 0 aliphatic carbocycles. The van der Waals surface area contributed by atoms with Crippen molar-refractivity contribution in [1.82, 2.24) is 9.80 Å². The van der Waals surface area contributed by atoms with Gasteiger partial charge in [0.15, 0.2) is 11.5 Å². The summed E-state index contributed by atoms with van der Waals surface area (Å²) in [6, 6.07) is 14.2. The molecule has 10 heteroatoms. The zero-order valence-corrected chi connectivity index (χ0v) is 24.2. The van der Waals surface area contributed by atoms with Gasteiger partial charge in [-0.05, 0) is 49.4 Å². The molecule has 0 unspecified atom stereocenters. The first-order valence-electron chi connectivity index (χ1n) is 12.6. The van der Waals surface area contributed by atoms with E-state index in [2.05, 4.69) is 5.32 Å². The van der Waals surface area contributed by atoms with E-state index in [-0.39, 0.29) is 24.5 Å². The average Bonchev–Trinajstić information content (AvgIpc) is 3.46. The van der Waals surface area contributed by atoms with Crippen molar-refractivity contribution in [3.05, 3.63) is 64.4 Å².